The van der Waals surface area contributed by atoms with Crippen LogP contribution in [-0.4, -0.2) is 15.6 Å². The SMILES string of the molecule is CCCn1cc(C(=O)O)c(=O)c2cccc(F)c21. The van der Waals surface area contributed by atoms with Crippen molar-refractivity contribution in [3.63, 3.8) is 0 Å². The zero-order chi connectivity index (χ0) is 13.3. The summed E-state index contributed by atoms with van der Waals surface area (Å²) in [5.41, 5.74) is -0.819. The molecule has 0 radical (unpaired) electrons. The van der Waals surface area contributed by atoms with Crippen molar-refractivity contribution < 1.29 is 14.3 Å². The number of carboxylic acids is 1. The molecule has 1 heterocycles. The van der Waals surface area contributed by atoms with E-state index in [0.29, 0.717) is 13.0 Å². The number of fused-ring (bicyclic) bond motifs is 1. The quantitative estimate of drug-likeness (QED) is 0.907. The molecule has 2 rings (SSSR count). The van der Waals surface area contributed by atoms with Crippen molar-refractivity contribution in [2.75, 3.05) is 0 Å². The fourth-order valence-corrected chi connectivity index (χ4v) is 1.98. The monoisotopic (exact) mass is 249 g/mol. The van der Waals surface area contributed by atoms with Gasteiger partial charge >= 0.3 is 5.97 Å². The number of pyridine rings is 1. The van der Waals surface area contributed by atoms with Crippen LogP contribution in [0.5, 0.6) is 0 Å². The van der Waals surface area contributed by atoms with E-state index in [1.807, 2.05) is 6.92 Å². The van der Waals surface area contributed by atoms with E-state index in [1.54, 1.807) is 0 Å². The number of halogens is 1. The molecule has 2 aromatic rings. The van der Waals surface area contributed by atoms with E-state index in [2.05, 4.69) is 0 Å². The van der Waals surface area contributed by atoms with E-state index in [1.165, 1.54) is 29.0 Å². The van der Waals surface area contributed by atoms with E-state index < -0.39 is 17.2 Å². The molecule has 4 nitrogen and oxygen atoms in total. The summed E-state index contributed by atoms with van der Waals surface area (Å²) >= 11 is 0. The fraction of sp³-hybridized carbons (Fsp3) is 0.231. The molecular weight excluding hydrogens is 237 g/mol. The van der Waals surface area contributed by atoms with Crippen molar-refractivity contribution in [2.24, 2.45) is 0 Å². The first-order chi connectivity index (χ1) is 8.56. The molecule has 0 aliphatic carbocycles. The van der Waals surface area contributed by atoms with Crippen LogP contribution in [0.2, 0.25) is 0 Å². The molecule has 0 amide bonds. The van der Waals surface area contributed by atoms with Crippen molar-refractivity contribution in [2.45, 2.75) is 19.9 Å². The number of hydrogen-bond donors (Lipinski definition) is 1. The van der Waals surface area contributed by atoms with Gasteiger partial charge < -0.3 is 9.67 Å². The molecule has 0 bridgehead atoms. The molecule has 94 valence electrons. The lowest BCUT2D eigenvalue weighted by Crippen LogP contribution is -2.19. The van der Waals surface area contributed by atoms with Gasteiger partial charge in [-0.25, -0.2) is 9.18 Å². The summed E-state index contributed by atoms with van der Waals surface area (Å²) in [5.74, 6) is -1.81. The number of hydrogen-bond acceptors (Lipinski definition) is 2. The Morgan fingerprint density at radius 2 is 2.17 bits per heavy atom. The van der Waals surface area contributed by atoms with E-state index in [0.717, 1.165) is 0 Å². The van der Waals surface area contributed by atoms with Gasteiger partial charge in [0.1, 0.15) is 11.4 Å². The molecular formula is C13H12FNO3. The Labute approximate surface area is 102 Å². The molecule has 0 saturated carbocycles. The van der Waals surface area contributed by atoms with Crippen LogP contribution in [0.1, 0.15) is 23.7 Å². The number of carboxylic acid groups (broad SMARTS) is 1. The van der Waals surface area contributed by atoms with Gasteiger partial charge in [-0.3, -0.25) is 4.79 Å². The Hall–Kier alpha value is -2.17. The lowest BCUT2D eigenvalue weighted by Gasteiger charge is -2.11. The van der Waals surface area contributed by atoms with Gasteiger partial charge in [0.25, 0.3) is 0 Å². The first kappa shape index (κ1) is 12.3. The number of carbonyl (C=O) groups is 1. The summed E-state index contributed by atoms with van der Waals surface area (Å²) in [6.07, 6.45) is 1.92. The van der Waals surface area contributed by atoms with Gasteiger partial charge in [0.15, 0.2) is 0 Å². The van der Waals surface area contributed by atoms with Gasteiger partial charge in [-0.1, -0.05) is 13.0 Å². The molecule has 1 aromatic heterocycles. The first-order valence-corrected chi connectivity index (χ1v) is 5.61. The highest BCUT2D eigenvalue weighted by atomic mass is 19.1. The number of para-hydroxylation sites is 1. The number of aromatic nitrogens is 1. The average Bonchev–Trinajstić information content (AvgIpc) is 2.32. The molecule has 18 heavy (non-hydrogen) atoms. The highest BCUT2D eigenvalue weighted by molar-refractivity contribution is 5.92. The summed E-state index contributed by atoms with van der Waals surface area (Å²) in [4.78, 5) is 22.9. The van der Waals surface area contributed by atoms with Gasteiger partial charge in [0.05, 0.1) is 5.52 Å². The third kappa shape index (κ3) is 1.88. The topological polar surface area (TPSA) is 59.3 Å². The second-order valence-corrected chi connectivity index (χ2v) is 4.01. The summed E-state index contributed by atoms with van der Waals surface area (Å²) in [5, 5.41) is 9.08. The first-order valence-electron chi connectivity index (χ1n) is 5.61. The van der Waals surface area contributed by atoms with E-state index >= 15 is 0 Å². The summed E-state index contributed by atoms with van der Waals surface area (Å²) in [6, 6.07) is 4.11. The third-order valence-corrected chi connectivity index (χ3v) is 2.74. The number of benzene rings is 1. The Morgan fingerprint density at radius 1 is 1.44 bits per heavy atom. The minimum Gasteiger partial charge on any atom is -0.477 e. The van der Waals surface area contributed by atoms with Crippen LogP contribution >= 0.6 is 0 Å². The molecule has 0 aliphatic heterocycles. The third-order valence-electron chi connectivity index (χ3n) is 2.74. The molecule has 0 atom stereocenters. The van der Waals surface area contributed by atoms with Crippen LogP contribution in [0.15, 0.2) is 29.2 Å². The van der Waals surface area contributed by atoms with Gasteiger partial charge in [0, 0.05) is 18.1 Å². The molecule has 0 spiro atoms. The summed E-state index contributed by atoms with van der Waals surface area (Å²) < 4.78 is 15.3. The van der Waals surface area contributed by atoms with Crippen molar-refractivity contribution in [1.82, 2.24) is 4.57 Å². The lowest BCUT2D eigenvalue weighted by molar-refractivity contribution is 0.0695. The molecule has 0 saturated heterocycles. The number of rotatable bonds is 3. The molecule has 1 N–H and O–H groups in total. The van der Waals surface area contributed by atoms with E-state index in [4.69, 9.17) is 5.11 Å². The van der Waals surface area contributed by atoms with Crippen LogP contribution in [0.4, 0.5) is 4.39 Å². The maximum Gasteiger partial charge on any atom is 0.341 e. The summed E-state index contributed by atoms with van der Waals surface area (Å²) in [7, 11) is 0. The zero-order valence-corrected chi connectivity index (χ0v) is 9.81. The van der Waals surface area contributed by atoms with E-state index in [9.17, 15) is 14.0 Å². The molecule has 5 heteroatoms. The van der Waals surface area contributed by atoms with Crippen molar-refractivity contribution in [1.29, 1.82) is 0 Å². The molecule has 0 unspecified atom stereocenters. The maximum absolute atomic E-state index is 13.8. The van der Waals surface area contributed by atoms with E-state index in [-0.39, 0.29) is 16.5 Å². The lowest BCUT2D eigenvalue weighted by atomic mass is 10.1. The van der Waals surface area contributed by atoms with Crippen LogP contribution in [0, 0.1) is 5.82 Å². The predicted octanol–water partition coefficient (Wildman–Crippen LogP) is 2.25. The van der Waals surface area contributed by atoms with Crippen LogP contribution < -0.4 is 5.43 Å². The van der Waals surface area contributed by atoms with Gasteiger partial charge in [-0.2, -0.15) is 0 Å². The predicted molar refractivity (Wildman–Crippen MR) is 65.4 cm³/mol. The standard InChI is InChI=1S/C13H12FNO3/c1-2-6-15-7-9(13(17)18)12(16)8-4-3-5-10(14)11(8)15/h3-5,7H,2,6H2,1H3,(H,17,18). The van der Waals surface area contributed by atoms with Crippen LogP contribution in [0.3, 0.4) is 0 Å². The van der Waals surface area contributed by atoms with Crippen molar-refractivity contribution in [3.8, 4) is 0 Å². The minimum absolute atomic E-state index is 0.100. The highest BCUT2D eigenvalue weighted by Gasteiger charge is 2.16. The highest BCUT2D eigenvalue weighted by Crippen LogP contribution is 2.16. The second-order valence-electron chi connectivity index (χ2n) is 4.01. The Balaban J connectivity index is 2.92. The molecule has 0 aliphatic rings. The Morgan fingerprint density at radius 3 is 2.78 bits per heavy atom. The van der Waals surface area contributed by atoms with Gasteiger partial charge in [-0.05, 0) is 18.6 Å². The van der Waals surface area contributed by atoms with Gasteiger partial charge in [-0.15, -0.1) is 0 Å². The van der Waals surface area contributed by atoms with Gasteiger partial charge in [0.2, 0.25) is 5.43 Å². The Bertz CT molecular complexity index is 676. The molecule has 0 fully saturated rings. The number of aromatic carboxylic acids is 1. The smallest absolute Gasteiger partial charge is 0.341 e. The normalized spacial score (nSPS) is 10.8. The van der Waals surface area contributed by atoms with Crippen LogP contribution in [-0.2, 0) is 6.54 Å². The fourth-order valence-electron chi connectivity index (χ4n) is 1.98. The zero-order valence-electron chi connectivity index (χ0n) is 9.81. The number of nitrogens with zero attached hydrogens (tertiary/aromatic N) is 1. The largest absolute Gasteiger partial charge is 0.477 e. The maximum atomic E-state index is 13.8. The molecule has 1 aromatic carbocycles. The van der Waals surface area contributed by atoms with Crippen LogP contribution in [0.25, 0.3) is 10.9 Å². The van der Waals surface area contributed by atoms with Crippen molar-refractivity contribution in [3.05, 3.63) is 46.0 Å². The Kier molecular flexibility index (Phi) is 3.14. The second kappa shape index (κ2) is 4.60. The summed E-state index contributed by atoms with van der Waals surface area (Å²) in [6.45, 7) is 2.35. The average molecular weight is 249 g/mol. The van der Waals surface area contributed by atoms with Crippen molar-refractivity contribution >= 4 is 16.9 Å². The number of aryl methyl sites for hydroxylation is 1. The minimum atomic E-state index is -1.30.